The largest absolute Gasteiger partial charge is 0.494 e. The van der Waals surface area contributed by atoms with Crippen molar-refractivity contribution in [2.75, 3.05) is 25.5 Å². The Bertz CT molecular complexity index is 1170. The summed E-state index contributed by atoms with van der Waals surface area (Å²) in [6.45, 7) is 2.73. The van der Waals surface area contributed by atoms with Gasteiger partial charge in [0.1, 0.15) is 23.3 Å². The summed E-state index contributed by atoms with van der Waals surface area (Å²) in [6, 6.07) is 7.34. The lowest BCUT2D eigenvalue weighted by atomic mass is 10.0. The van der Waals surface area contributed by atoms with Gasteiger partial charge in [0.2, 0.25) is 0 Å². The van der Waals surface area contributed by atoms with Gasteiger partial charge in [-0.2, -0.15) is 0 Å². The van der Waals surface area contributed by atoms with Crippen LogP contribution in [0.4, 0.5) is 10.2 Å². The number of piperidine rings is 1. The quantitative estimate of drug-likeness (QED) is 0.353. The van der Waals surface area contributed by atoms with E-state index in [2.05, 4.69) is 20.2 Å². The van der Waals surface area contributed by atoms with Gasteiger partial charge in [-0.15, -0.1) is 11.3 Å². The molecule has 3 heterocycles. The standard InChI is InChI=1S/C19H20ClFN4OS.C4H4O3.H2O/c1-26-16-8-12(2-3-15(16)21)10-25-6-4-13(5-7-25)24-18-14-9-17(20)27-19(14)23-11-22-18;5-3-1-2-4(6)7;/h2-3,8-9,11,13H,4-7,10H2,1H3,(H,22,23,24);1-3H,(H,6,7);1H2/b;2-1-;. The number of carbonyl (C=O) groups excluding carboxylic acids is 1. The van der Waals surface area contributed by atoms with Crippen LogP contribution >= 0.6 is 22.9 Å². The molecule has 1 aromatic carbocycles. The minimum atomic E-state index is -1.10. The third kappa shape index (κ3) is 8.25. The van der Waals surface area contributed by atoms with E-state index in [0.717, 1.165) is 70.6 Å². The van der Waals surface area contributed by atoms with Gasteiger partial charge in [-0.3, -0.25) is 9.69 Å². The first-order chi connectivity index (χ1) is 16.4. The zero-order chi connectivity index (χ0) is 24.5. The van der Waals surface area contributed by atoms with E-state index < -0.39 is 5.97 Å². The Kier molecular flexibility index (Phi) is 11.0. The van der Waals surface area contributed by atoms with E-state index in [9.17, 15) is 14.0 Å². The number of carbonyl (C=O) groups is 2. The predicted molar refractivity (Wildman–Crippen MR) is 134 cm³/mol. The van der Waals surface area contributed by atoms with Crippen molar-refractivity contribution in [3.8, 4) is 5.75 Å². The van der Waals surface area contributed by atoms with Crippen LogP contribution in [-0.2, 0) is 16.1 Å². The number of aromatic nitrogens is 2. The SMILES string of the molecule is COc1cc(CN2CCC(Nc3ncnc4sc(Cl)cc34)CC2)ccc1F.O.O=C/C=C\C(=O)O. The molecule has 0 aliphatic carbocycles. The topological polar surface area (TPSA) is 136 Å². The second kappa shape index (κ2) is 13.7. The summed E-state index contributed by atoms with van der Waals surface area (Å²) in [5, 5.41) is 12.3. The summed E-state index contributed by atoms with van der Waals surface area (Å²) >= 11 is 7.57. The summed E-state index contributed by atoms with van der Waals surface area (Å²) in [6.07, 6.45) is 5.71. The van der Waals surface area contributed by atoms with Gasteiger partial charge in [-0.05, 0) is 42.7 Å². The van der Waals surface area contributed by atoms with Crippen LogP contribution in [0.25, 0.3) is 10.2 Å². The number of allylic oxidation sites excluding steroid dienone is 1. The van der Waals surface area contributed by atoms with Crippen molar-refractivity contribution in [1.29, 1.82) is 0 Å². The number of aldehydes is 1. The Balaban J connectivity index is 0.000000476. The fourth-order valence-corrected chi connectivity index (χ4v) is 4.61. The lowest BCUT2D eigenvalue weighted by Gasteiger charge is -2.32. The predicted octanol–water partition coefficient (Wildman–Crippen LogP) is 3.57. The van der Waals surface area contributed by atoms with Crippen LogP contribution in [0.1, 0.15) is 18.4 Å². The monoisotopic (exact) mass is 524 g/mol. The van der Waals surface area contributed by atoms with Gasteiger partial charge in [0.15, 0.2) is 11.6 Å². The summed E-state index contributed by atoms with van der Waals surface area (Å²) in [7, 11) is 1.49. The van der Waals surface area contributed by atoms with Gasteiger partial charge in [0, 0.05) is 31.8 Å². The molecule has 1 aliphatic heterocycles. The van der Waals surface area contributed by atoms with E-state index in [1.807, 2.05) is 12.1 Å². The maximum absolute atomic E-state index is 13.6. The molecule has 188 valence electrons. The number of halogens is 2. The molecule has 0 unspecified atom stereocenters. The van der Waals surface area contributed by atoms with Crippen LogP contribution in [0.15, 0.2) is 42.7 Å². The van der Waals surface area contributed by atoms with Crippen molar-refractivity contribution >= 4 is 51.2 Å². The van der Waals surface area contributed by atoms with E-state index in [-0.39, 0.29) is 11.3 Å². The molecule has 0 saturated carbocycles. The molecule has 3 aromatic rings. The average Bonchev–Trinajstić information content (AvgIpc) is 3.22. The number of ether oxygens (including phenoxy) is 1. The molecule has 4 rings (SSSR count). The number of carboxylic acids is 1. The first-order valence-corrected chi connectivity index (χ1v) is 11.6. The number of benzene rings is 1. The van der Waals surface area contributed by atoms with Gasteiger partial charge in [0.05, 0.1) is 16.8 Å². The van der Waals surface area contributed by atoms with Crippen LogP contribution in [0.2, 0.25) is 4.34 Å². The van der Waals surface area contributed by atoms with Crippen LogP contribution in [0.3, 0.4) is 0 Å². The number of aliphatic carboxylic acids is 1. The lowest BCUT2D eigenvalue weighted by molar-refractivity contribution is -0.131. The number of thiophene rings is 1. The van der Waals surface area contributed by atoms with E-state index in [1.165, 1.54) is 24.5 Å². The number of carboxylic acid groups (broad SMARTS) is 1. The highest BCUT2D eigenvalue weighted by molar-refractivity contribution is 7.22. The van der Waals surface area contributed by atoms with Crippen LogP contribution < -0.4 is 10.1 Å². The maximum Gasteiger partial charge on any atom is 0.328 e. The van der Waals surface area contributed by atoms with Gasteiger partial charge >= 0.3 is 5.97 Å². The highest BCUT2D eigenvalue weighted by Gasteiger charge is 2.21. The molecule has 1 saturated heterocycles. The Morgan fingerprint density at radius 3 is 2.71 bits per heavy atom. The molecule has 1 aliphatic rings. The maximum atomic E-state index is 13.6. The number of likely N-dealkylation sites (tertiary alicyclic amines) is 1. The molecule has 0 atom stereocenters. The number of hydrogen-bond donors (Lipinski definition) is 2. The fourth-order valence-electron chi connectivity index (χ4n) is 3.55. The summed E-state index contributed by atoms with van der Waals surface area (Å²) in [5.41, 5.74) is 1.06. The highest BCUT2D eigenvalue weighted by atomic mass is 35.5. The first-order valence-electron chi connectivity index (χ1n) is 10.5. The molecular formula is C23H26ClFN4O5S. The minimum absolute atomic E-state index is 0. The molecule has 0 bridgehead atoms. The number of methoxy groups -OCH3 is 1. The third-order valence-electron chi connectivity index (χ3n) is 5.17. The molecule has 12 heteroatoms. The second-order valence-electron chi connectivity index (χ2n) is 7.49. The molecule has 0 amide bonds. The van der Waals surface area contributed by atoms with Gasteiger partial charge in [-0.25, -0.2) is 19.2 Å². The molecule has 4 N–H and O–H groups in total. The lowest BCUT2D eigenvalue weighted by Crippen LogP contribution is -2.38. The zero-order valence-corrected chi connectivity index (χ0v) is 20.5. The number of rotatable bonds is 7. The Morgan fingerprint density at radius 2 is 2.09 bits per heavy atom. The van der Waals surface area contributed by atoms with E-state index in [1.54, 1.807) is 12.4 Å². The van der Waals surface area contributed by atoms with Crippen molar-refractivity contribution in [3.05, 3.63) is 58.5 Å². The van der Waals surface area contributed by atoms with Crippen LogP contribution in [0, 0.1) is 5.82 Å². The van der Waals surface area contributed by atoms with Gasteiger partial charge in [-0.1, -0.05) is 17.7 Å². The van der Waals surface area contributed by atoms with Crippen molar-refractivity contribution in [2.45, 2.75) is 25.4 Å². The van der Waals surface area contributed by atoms with Gasteiger partial charge in [0.25, 0.3) is 0 Å². The summed E-state index contributed by atoms with van der Waals surface area (Å²) < 4.78 is 19.3. The highest BCUT2D eigenvalue weighted by Crippen LogP contribution is 2.32. The van der Waals surface area contributed by atoms with Crippen molar-refractivity contribution < 1.29 is 29.3 Å². The Morgan fingerprint density at radius 1 is 1.34 bits per heavy atom. The summed E-state index contributed by atoms with van der Waals surface area (Å²) in [4.78, 5) is 30.8. The molecular weight excluding hydrogens is 499 g/mol. The van der Waals surface area contributed by atoms with Crippen molar-refractivity contribution in [3.63, 3.8) is 0 Å². The number of fused-ring (bicyclic) bond motifs is 1. The van der Waals surface area contributed by atoms with E-state index >= 15 is 0 Å². The van der Waals surface area contributed by atoms with Crippen molar-refractivity contribution in [2.24, 2.45) is 0 Å². The number of hydrogen-bond acceptors (Lipinski definition) is 8. The number of anilines is 1. The smallest absolute Gasteiger partial charge is 0.328 e. The zero-order valence-electron chi connectivity index (χ0n) is 18.9. The molecule has 0 radical (unpaired) electrons. The summed E-state index contributed by atoms with van der Waals surface area (Å²) in [5.74, 6) is -0.280. The Hall–Kier alpha value is -3.12. The minimum Gasteiger partial charge on any atom is -0.494 e. The van der Waals surface area contributed by atoms with Crippen LogP contribution in [-0.4, -0.2) is 63.9 Å². The van der Waals surface area contributed by atoms with Crippen molar-refractivity contribution in [1.82, 2.24) is 14.9 Å². The number of nitrogens with zero attached hydrogens (tertiary/aromatic N) is 3. The van der Waals surface area contributed by atoms with E-state index in [4.69, 9.17) is 21.4 Å². The molecule has 2 aromatic heterocycles. The molecule has 1 fully saturated rings. The first kappa shape index (κ1) is 28.1. The average molecular weight is 525 g/mol. The second-order valence-corrected chi connectivity index (χ2v) is 9.15. The third-order valence-corrected chi connectivity index (χ3v) is 6.34. The normalized spacial score (nSPS) is 14.1. The van der Waals surface area contributed by atoms with Gasteiger partial charge < -0.3 is 20.6 Å². The van der Waals surface area contributed by atoms with Crippen LogP contribution in [0.5, 0.6) is 5.75 Å². The fraction of sp³-hybridized carbons (Fsp3) is 0.304. The number of nitrogens with one attached hydrogen (secondary N) is 1. The molecule has 9 nitrogen and oxygen atoms in total. The molecule has 0 spiro atoms. The Labute approximate surface area is 210 Å². The molecule has 35 heavy (non-hydrogen) atoms. The van der Waals surface area contributed by atoms with E-state index in [0.29, 0.717) is 18.1 Å².